The minimum Gasteiger partial charge on any atom is -0.494 e. The highest BCUT2D eigenvalue weighted by atomic mass is 35.5. The molecular formula is C20H15ClN4O2S. The number of nitrogens with one attached hydrogen (secondary N) is 1. The minimum atomic E-state index is -0.344. The van der Waals surface area contributed by atoms with Gasteiger partial charge in [0, 0.05) is 41.3 Å². The molecule has 0 fully saturated rings. The van der Waals surface area contributed by atoms with Crippen LogP contribution in [0.25, 0.3) is 10.8 Å². The zero-order chi connectivity index (χ0) is 19.7. The van der Waals surface area contributed by atoms with Crippen molar-refractivity contribution in [3.05, 3.63) is 75.8 Å². The number of fused-ring (bicyclic) bond motifs is 1. The second kappa shape index (κ2) is 7.53. The van der Waals surface area contributed by atoms with E-state index in [1.54, 1.807) is 36.5 Å². The molecule has 4 aromatic rings. The second-order valence-corrected chi connectivity index (χ2v) is 7.47. The molecule has 8 heteroatoms. The molecule has 2 aromatic heterocycles. The molecule has 2 heterocycles. The van der Waals surface area contributed by atoms with Gasteiger partial charge < -0.3 is 9.67 Å². The Morgan fingerprint density at radius 2 is 2.04 bits per heavy atom. The summed E-state index contributed by atoms with van der Waals surface area (Å²) >= 11 is 7.86. The van der Waals surface area contributed by atoms with Crippen LogP contribution in [0.15, 0.2) is 74.7 Å². The first kappa shape index (κ1) is 18.3. The summed E-state index contributed by atoms with van der Waals surface area (Å²) in [7, 11) is 1.92. The molecule has 28 heavy (non-hydrogen) atoms. The van der Waals surface area contributed by atoms with Crippen molar-refractivity contribution in [2.75, 3.05) is 0 Å². The van der Waals surface area contributed by atoms with Crippen LogP contribution in [0.5, 0.6) is 5.88 Å². The first-order valence-corrected chi connectivity index (χ1v) is 9.55. The second-order valence-electron chi connectivity index (χ2n) is 6.06. The average molecular weight is 411 g/mol. The molecule has 2 N–H and O–H groups in total. The molecule has 140 valence electrons. The van der Waals surface area contributed by atoms with Crippen molar-refractivity contribution in [1.29, 1.82) is 0 Å². The van der Waals surface area contributed by atoms with Gasteiger partial charge in [-0.25, -0.2) is 4.98 Å². The lowest BCUT2D eigenvalue weighted by Gasteiger charge is -2.06. The van der Waals surface area contributed by atoms with E-state index in [4.69, 9.17) is 11.6 Å². The Balaban J connectivity index is 1.66. The number of benzene rings is 2. The number of hydrogen-bond donors (Lipinski definition) is 2. The summed E-state index contributed by atoms with van der Waals surface area (Å²) < 4.78 is 1.91. The number of rotatable bonds is 4. The van der Waals surface area contributed by atoms with Gasteiger partial charge in [-0.2, -0.15) is 0 Å². The molecule has 0 spiro atoms. The van der Waals surface area contributed by atoms with Gasteiger partial charge in [-0.1, -0.05) is 41.6 Å². The van der Waals surface area contributed by atoms with Crippen LogP contribution in [0.1, 0.15) is 5.56 Å². The number of aromatic nitrogens is 3. The summed E-state index contributed by atoms with van der Waals surface area (Å²) in [5, 5.41) is 12.7. The SMILES string of the molecule is Cn1ccnc1Sc1ccc(N=Cc2c(O)[nH]c(=O)c3ccccc23)cc1Cl. The normalized spacial score (nSPS) is 11.5. The van der Waals surface area contributed by atoms with E-state index in [9.17, 15) is 9.90 Å². The number of imidazole rings is 1. The zero-order valence-corrected chi connectivity index (χ0v) is 16.3. The van der Waals surface area contributed by atoms with E-state index in [1.807, 2.05) is 29.9 Å². The first-order chi connectivity index (χ1) is 13.5. The van der Waals surface area contributed by atoms with E-state index in [2.05, 4.69) is 15.0 Å². The van der Waals surface area contributed by atoms with E-state index >= 15 is 0 Å². The summed E-state index contributed by atoms with van der Waals surface area (Å²) in [6.07, 6.45) is 5.12. The third-order valence-corrected chi connectivity index (χ3v) is 5.76. The van der Waals surface area contributed by atoms with Gasteiger partial charge in [-0.05, 0) is 24.3 Å². The molecule has 2 aromatic carbocycles. The molecular weight excluding hydrogens is 396 g/mol. The van der Waals surface area contributed by atoms with Crippen LogP contribution in [-0.4, -0.2) is 25.9 Å². The summed E-state index contributed by atoms with van der Waals surface area (Å²) in [6.45, 7) is 0. The van der Waals surface area contributed by atoms with Crippen molar-refractivity contribution in [2.45, 2.75) is 10.1 Å². The summed E-state index contributed by atoms with van der Waals surface area (Å²) in [6, 6.07) is 12.5. The van der Waals surface area contributed by atoms with Gasteiger partial charge >= 0.3 is 0 Å². The Hall–Kier alpha value is -3.03. The largest absolute Gasteiger partial charge is 0.494 e. The first-order valence-electron chi connectivity index (χ1n) is 8.35. The van der Waals surface area contributed by atoms with Gasteiger partial charge in [-0.15, -0.1) is 0 Å². The third kappa shape index (κ3) is 3.54. The van der Waals surface area contributed by atoms with Gasteiger partial charge in [0.2, 0.25) is 5.88 Å². The third-order valence-electron chi connectivity index (χ3n) is 4.19. The lowest BCUT2D eigenvalue weighted by molar-refractivity contribution is 0.452. The number of hydrogen-bond acceptors (Lipinski definition) is 5. The molecule has 0 radical (unpaired) electrons. The Kier molecular flexibility index (Phi) is 4.93. The maximum atomic E-state index is 12.0. The Morgan fingerprint density at radius 1 is 1.25 bits per heavy atom. The fourth-order valence-corrected chi connectivity index (χ4v) is 3.86. The van der Waals surface area contributed by atoms with E-state index < -0.39 is 0 Å². The van der Waals surface area contributed by atoms with Gasteiger partial charge in [0.1, 0.15) is 0 Å². The van der Waals surface area contributed by atoms with Crippen LogP contribution in [0.2, 0.25) is 5.02 Å². The number of aryl methyl sites for hydroxylation is 1. The van der Waals surface area contributed by atoms with Gasteiger partial charge in [0.15, 0.2) is 5.16 Å². The van der Waals surface area contributed by atoms with Crippen molar-refractivity contribution in [3.63, 3.8) is 0 Å². The number of aromatic hydroxyl groups is 1. The number of halogens is 1. The maximum Gasteiger partial charge on any atom is 0.258 e. The Morgan fingerprint density at radius 3 is 2.75 bits per heavy atom. The van der Waals surface area contributed by atoms with E-state index in [0.717, 1.165) is 10.1 Å². The molecule has 0 aliphatic rings. The highest BCUT2D eigenvalue weighted by Crippen LogP contribution is 2.34. The Labute approximate surface area is 169 Å². The molecule has 0 amide bonds. The van der Waals surface area contributed by atoms with Crippen molar-refractivity contribution >= 4 is 46.0 Å². The molecule has 0 atom stereocenters. The minimum absolute atomic E-state index is 0.222. The van der Waals surface area contributed by atoms with Gasteiger partial charge in [0.05, 0.1) is 16.3 Å². The molecule has 0 saturated carbocycles. The highest BCUT2D eigenvalue weighted by Gasteiger charge is 2.10. The lowest BCUT2D eigenvalue weighted by atomic mass is 10.1. The predicted octanol–water partition coefficient (Wildman–Crippen LogP) is 4.52. The molecule has 0 saturated heterocycles. The van der Waals surface area contributed by atoms with Gasteiger partial charge in [-0.3, -0.25) is 14.8 Å². The summed E-state index contributed by atoms with van der Waals surface area (Å²) in [5.74, 6) is -0.222. The number of aliphatic imine (C=N–C) groups is 1. The van der Waals surface area contributed by atoms with Crippen LogP contribution in [0.3, 0.4) is 0 Å². The van der Waals surface area contributed by atoms with Crippen LogP contribution >= 0.6 is 23.4 Å². The maximum absolute atomic E-state index is 12.0. The predicted molar refractivity (Wildman–Crippen MR) is 112 cm³/mol. The van der Waals surface area contributed by atoms with Crippen molar-refractivity contribution < 1.29 is 5.11 Å². The molecule has 0 unspecified atom stereocenters. The Bertz CT molecular complexity index is 1260. The van der Waals surface area contributed by atoms with Crippen LogP contribution < -0.4 is 5.56 Å². The van der Waals surface area contributed by atoms with Gasteiger partial charge in [0.25, 0.3) is 5.56 Å². The summed E-state index contributed by atoms with van der Waals surface area (Å²) in [5.41, 5.74) is 0.727. The lowest BCUT2D eigenvalue weighted by Crippen LogP contribution is -2.07. The molecule has 0 aliphatic heterocycles. The van der Waals surface area contributed by atoms with Crippen molar-refractivity contribution in [1.82, 2.24) is 14.5 Å². The van der Waals surface area contributed by atoms with Crippen molar-refractivity contribution in [3.8, 4) is 5.88 Å². The highest BCUT2D eigenvalue weighted by molar-refractivity contribution is 7.99. The monoisotopic (exact) mass is 410 g/mol. The average Bonchev–Trinajstić information content (AvgIpc) is 3.08. The van der Waals surface area contributed by atoms with Crippen LogP contribution in [-0.2, 0) is 7.05 Å². The zero-order valence-electron chi connectivity index (χ0n) is 14.8. The fourth-order valence-electron chi connectivity index (χ4n) is 2.76. The molecule has 6 nitrogen and oxygen atoms in total. The van der Waals surface area contributed by atoms with Crippen molar-refractivity contribution in [2.24, 2.45) is 12.0 Å². The van der Waals surface area contributed by atoms with Crippen LogP contribution in [0.4, 0.5) is 5.69 Å². The van der Waals surface area contributed by atoms with Crippen LogP contribution in [0, 0.1) is 0 Å². The molecule has 0 aliphatic carbocycles. The molecule has 4 rings (SSSR count). The van der Waals surface area contributed by atoms with E-state index in [-0.39, 0.29) is 11.4 Å². The topological polar surface area (TPSA) is 83.3 Å². The van der Waals surface area contributed by atoms with E-state index in [1.165, 1.54) is 18.0 Å². The number of nitrogens with zero attached hydrogens (tertiary/aromatic N) is 3. The standard InChI is InChI=1S/C20H15ClN4O2S/c1-25-9-8-22-20(25)28-17-7-6-12(10-16(17)21)23-11-15-13-4-2-3-5-14(13)18(26)24-19(15)27/h2-11H,1H3,(H2,24,26,27). The number of aromatic amines is 1. The quantitative estimate of drug-likeness (QED) is 0.484. The summed E-state index contributed by atoms with van der Waals surface area (Å²) in [4.78, 5) is 24.0. The number of pyridine rings is 1. The molecule has 0 bridgehead atoms. The van der Waals surface area contributed by atoms with E-state index in [0.29, 0.717) is 27.0 Å². The smallest absolute Gasteiger partial charge is 0.258 e. The number of H-pyrrole nitrogens is 1. The fraction of sp³-hybridized carbons (Fsp3) is 0.0500.